The second-order valence-electron chi connectivity index (χ2n) is 4.38. The van der Waals surface area contributed by atoms with Gasteiger partial charge in [0.2, 0.25) is 5.91 Å². The maximum atomic E-state index is 12.0. The highest BCUT2D eigenvalue weighted by Gasteiger charge is 2.33. The Hall–Kier alpha value is -1.36. The minimum Gasteiger partial charge on any atom is -0.360 e. The van der Waals surface area contributed by atoms with Crippen molar-refractivity contribution >= 4 is 5.91 Å². The van der Waals surface area contributed by atoms with Crippen molar-refractivity contribution in [3.05, 3.63) is 18.0 Å². The molecule has 1 atom stereocenters. The van der Waals surface area contributed by atoms with Gasteiger partial charge in [-0.15, -0.1) is 0 Å². The molecular formula is C11H17N3O2. The molecule has 1 unspecified atom stereocenters. The van der Waals surface area contributed by atoms with Crippen LogP contribution in [-0.4, -0.2) is 23.1 Å². The van der Waals surface area contributed by atoms with Gasteiger partial charge in [-0.1, -0.05) is 5.16 Å². The normalized spacial score (nSPS) is 25.3. The molecule has 0 spiro atoms. The molecule has 2 N–H and O–H groups in total. The van der Waals surface area contributed by atoms with Crippen molar-refractivity contribution in [2.45, 2.75) is 38.3 Å². The molecule has 0 aliphatic carbocycles. The van der Waals surface area contributed by atoms with Gasteiger partial charge in [0.1, 0.15) is 0 Å². The third kappa shape index (κ3) is 2.41. The Labute approximate surface area is 94.6 Å². The number of carbonyl (C=O) groups excluding carboxylic acids is 1. The lowest BCUT2D eigenvalue weighted by atomic mass is 9.90. The van der Waals surface area contributed by atoms with Crippen LogP contribution >= 0.6 is 0 Å². The molecule has 0 bridgehead atoms. The highest BCUT2D eigenvalue weighted by molar-refractivity contribution is 5.85. The number of amides is 1. The first-order valence-corrected chi connectivity index (χ1v) is 5.64. The smallest absolute Gasteiger partial charge is 0.240 e. The molecule has 5 nitrogen and oxygen atoms in total. The van der Waals surface area contributed by atoms with E-state index in [9.17, 15) is 4.79 Å². The van der Waals surface area contributed by atoms with E-state index in [1.165, 1.54) is 0 Å². The average Bonchev–Trinajstić information content (AvgIpc) is 2.79. The highest BCUT2D eigenvalue weighted by atomic mass is 16.5. The molecular weight excluding hydrogens is 206 g/mol. The van der Waals surface area contributed by atoms with Gasteiger partial charge >= 0.3 is 0 Å². The number of carbonyl (C=O) groups is 1. The van der Waals surface area contributed by atoms with Crippen LogP contribution < -0.4 is 10.6 Å². The van der Waals surface area contributed by atoms with E-state index in [-0.39, 0.29) is 5.91 Å². The number of hydrogen-bond acceptors (Lipinski definition) is 4. The molecule has 16 heavy (non-hydrogen) atoms. The van der Waals surface area contributed by atoms with Gasteiger partial charge in [0.15, 0.2) is 5.76 Å². The molecule has 0 radical (unpaired) electrons. The topological polar surface area (TPSA) is 67.2 Å². The van der Waals surface area contributed by atoms with Crippen molar-refractivity contribution in [2.24, 2.45) is 0 Å². The lowest BCUT2D eigenvalue weighted by Crippen LogP contribution is -2.56. The van der Waals surface area contributed by atoms with Crippen molar-refractivity contribution in [3.63, 3.8) is 0 Å². The number of rotatable bonds is 3. The Bertz CT molecular complexity index is 342. The first-order valence-electron chi connectivity index (χ1n) is 5.64. The summed E-state index contributed by atoms with van der Waals surface area (Å²) in [5.74, 6) is 0.705. The van der Waals surface area contributed by atoms with Crippen LogP contribution in [-0.2, 0) is 11.3 Å². The van der Waals surface area contributed by atoms with Gasteiger partial charge in [-0.05, 0) is 32.7 Å². The number of aromatic nitrogens is 1. The first-order chi connectivity index (χ1) is 7.71. The van der Waals surface area contributed by atoms with E-state index in [0.717, 1.165) is 25.8 Å². The van der Waals surface area contributed by atoms with Crippen LogP contribution in [0, 0.1) is 0 Å². The molecule has 0 saturated carbocycles. The molecule has 1 aromatic rings. The van der Waals surface area contributed by atoms with E-state index in [1.807, 2.05) is 6.92 Å². The predicted octanol–water partition coefficient (Wildman–Crippen LogP) is 0.823. The maximum Gasteiger partial charge on any atom is 0.240 e. The van der Waals surface area contributed by atoms with Gasteiger partial charge < -0.3 is 15.2 Å². The van der Waals surface area contributed by atoms with Crippen molar-refractivity contribution in [2.75, 3.05) is 6.54 Å². The third-order valence-corrected chi connectivity index (χ3v) is 3.03. The van der Waals surface area contributed by atoms with Crippen LogP contribution in [0.15, 0.2) is 16.8 Å². The highest BCUT2D eigenvalue weighted by Crippen LogP contribution is 2.18. The van der Waals surface area contributed by atoms with Crippen LogP contribution in [0.1, 0.15) is 31.9 Å². The zero-order chi connectivity index (χ0) is 11.4. The Balaban J connectivity index is 1.87. The molecule has 1 fully saturated rings. The summed E-state index contributed by atoms with van der Waals surface area (Å²) in [6.45, 7) is 3.25. The van der Waals surface area contributed by atoms with E-state index in [4.69, 9.17) is 4.52 Å². The fourth-order valence-electron chi connectivity index (χ4n) is 1.95. The monoisotopic (exact) mass is 223 g/mol. The lowest BCUT2D eigenvalue weighted by molar-refractivity contribution is -0.128. The maximum absolute atomic E-state index is 12.0. The van der Waals surface area contributed by atoms with E-state index < -0.39 is 5.54 Å². The SMILES string of the molecule is CC1(C(=O)NCc2ccno2)CCCCN1. The van der Waals surface area contributed by atoms with Crippen molar-refractivity contribution < 1.29 is 9.32 Å². The summed E-state index contributed by atoms with van der Waals surface area (Å²) in [7, 11) is 0. The second-order valence-corrected chi connectivity index (χ2v) is 4.38. The molecule has 0 aromatic carbocycles. The summed E-state index contributed by atoms with van der Waals surface area (Å²) in [5, 5.41) is 9.72. The van der Waals surface area contributed by atoms with Crippen LogP contribution in [0.25, 0.3) is 0 Å². The molecule has 1 aliphatic heterocycles. The molecule has 1 aliphatic rings. The number of nitrogens with one attached hydrogen (secondary N) is 2. The largest absolute Gasteiger partial charge is 0.360 e. The summed E-state index contributed by atoms with van der Waals surface area (Å²) in [4.78, 5) is 12.0. The summed E-state index contributed by atoms with van der Waals surface area (Å²) in [6.07, 6.45) is 4.70. The Morgan fingerprint density at radius 2 is 2.56 bits per heavy atom. The van der Waals surface area contributed by atoms with E-state index in [0.29, 0.717) is 12.3 Å². The summed E-state index contributed by atoms with van der Waals surface area (Å²) < 4.78 is 4.92. The van der Waals surface area contributed by atoms with Gasteiger partial charge in [0, 0.05) is 6.07 Å². The van der Waals surface area contributed by atoms with Gasteiger partial charge in [-0.2, -0.15) is 0 Å². The van der Waals surface area contributed by atoms with Gasteiger partial charge in [0.25, 0.3) is 0 Å². The number of piperidine rings is 1. The molecule has 1 saturated heterocycles. The molecule has 88 valence electrons. The average molecular weight is 223 g/mol. The van der Waals surface area contributed by atoms with Crippen molar-refractivity contribution in [3.8, 4) is 0 Å². The summed E-state index contributed by atoms with van der Waals surface area (Å²) >= 11 is 0. The van der Waals surface area contributed by atoms with E-state index >= 15 is 0 Å². The van der Waals surface area contributed by atoms with Gasteiger partial charge in [-0.3, -0.25) is 4.79 Å². The molecule has 2 rings (SSSR count). The zero-order valence-corrected chi connectivity index (χ0v) is 9.45. The second kappa shape index (κ2) is 4.65. The van der Waals surface area contributed by atoms with Gasteiger partial charge in [-0.25, -0.2) is 0 Å². The minimum atomic E-state index is -0.432. The Morgan fingerprint density at radius 3 is 3.19 bits per heavy atom. The van der Waals surface area contributed by atoms with E-state index in [2.05, 4.69) is 15.8 Å². The van der Waals surface area contributed by atoms with Crippen LogP contribution in [0.5, 0.6) is 0 Å². The minimum absolute atomic E-state index is 0.0311. The van der Waals surface area contributed by atoms with Crippen LogP contribution in [0.2, 0.25) is 0 Å². The predicted molar refractivity (Wildman–Crippen MR) is 58.6 cm³/mol. The number of nitrogens with zero attached hydrogens (tertiary/aromatic N) is 1. The van der Waals surface area contributed by atoms with Crippen molar-refractivity contribution in [1.29, 1.82) is 0 Å². The Kier molecular flexibility index (Phi) is 3.24. The zero-order valence-electron chi connectivity index (χ0n) is 9.45. The van der Waals surface area contributed by atoms with Crippen LogP contribution in [0.4, 0.5) is 0 Å². The fraction of sp³-hybridized carbons (Fsp3) is 0.636. The first kappa shape index (κ1) is 11.1. The standard InChI is InChI=1S/C11H17N3O2/c1-11(5-2-3-6-13-11)10(15)12-8-9-4-7-14-16-9/h4,7,13H,2-3,5-6,8H2,1H3,(H,12,15). The van der Waals surface area contributed by atoms with Gasteiger partial charge in [0.05, 0.1) is 18.3 Å². The van der Waals surface area contributed by atoms with E-state index in [1.54, 1.807) is 12.3 Å². The summed E-state index contributed by atoms with van der Waals surface area (Å²) in [6, 6.07) is 1.75. The molecule has 1 aromatic heterocycles. The van der Waals surface area contributed by atoms with Crippen molar-refractivity contribution in [1.82, 2.24) is 15.8 Å². The molecule has 5 heteroatoms. The lowest BCUT2D eigenvalue weighted by Gasteiger charge is -2.33. The molecule has 1 amide bonds. The van der Waals surface area contributed by atoms with Crippen LogP contribution in [0.3, 0.4) is 0 Å². The quantitative estimate of drug-likeness (QED) is 0.796. The summed E-state index contributed by atoms with van der Waals surface area (Å²) in [5.41, 5.74) is -0.432. The Morgan fingerprint density at radius 1 is 1.69 bits per heavy atom. The third-order valence-electron chi connectivity index (χ3n) is 3.03. The fourth-order valence-corrected chi connectivity index (χ4v) is 1.95. The number of hydrogen-bond donors (Lipinski definition) is 2. The molecule has 2 heterocycles.